The van der Waals surface area contributed by atoms with Gasteiger partial charge in [0.15, 0.2) is 0 Å². The number of halogens is 1. The Morgan fingerprint density at radius 1 is 1.13 bits per heavy atom. The summed E-state index contributed by atoms with van der Waals surface area (Å²) < 4.78 is 12.4. The van der Waals surface area contributed by atoms with E-state index in [1.165, 1.54) is 11.1 Å². The number of unbranched alkanes of at least 4 members (excludes halogenated alkanes) is 1. The lowest BCUT2D eigenvalue weighted by atomic mass is 10.1. The fraction of sp³-hybridized carbons (Fsp3) is 0.333. The Labute approximate surface area is 176 Å². The monoisotopic (exact) mass is 406 g/mol. The summed E-state index contributed by atoms with van der Waals surface area (Å²) in [5.74, 6) is 0. The number of para-hydroxylation sites is 1. The maximum absolute atomic E-state index is 12.6. The number of aryl methyl sites for hydroxylation is 1. The number of aromatic nitrogens is 1. The van der Waals surface area contributed by atoms with Crippen LogP contribution in [0, 0.1) is 0 Å². The van der Waals surface area contributed by atoms with Crippen molar-refractivity contribution in [1.82, 2.24) is 10.3 Å². The molecule has 0 radical (unpaired) electrons. The molecule has 156 valence electrons. The van der Waals surface area contributed by atoms with Gasteiger partial charge in [0.05, 0.1) is 6.67 Å². The first-order valence-corrected chi connectivity index (χ1v) is 10.5. The van der Waals surface area contributed by atoms with Crippen LogP contribution in [-0.2, 0) is 6.42 Å². The molecule has 1 fully saturated rings. The zero-order valence-electron chi connectivity index (χ0n) is 17.0. The predicted molar refractivity (Wildman–Crippen MR) is 120 cm³/mol. The number of rotatable bonds is 7. The molecule has 2 heterocycles. The molecule has 1 saturated heterocycles. The average molecular weight is 407 g/mol. The number of amides is 2. The van der Waals surface area contributed by atoms with E-state index < -0.39 is 0 Å². The lowest BCUT2D eigenvalue weighted by Crippen LogP contribution is -2.39. The number of benzene rings is 2. The largest absolute Gasteiger partial charge is 0.369 e. The van der Waals surface area contributed by atoms with E-state index in [9.17, 15) is 9.18 Å². The van der Waals surface area contributed by atoms with Crippen molar-refractivity contribution in [2.75, 3.05) is 30.0 Å². The number of nitrogens with zero attached hydrogens (tertiary/aromatic N) is 2. The molecule has 0 bridgehead atoms. The van der Waals surface area contributed by atoms with Gasteiger partial charge in [-0.2, -0.15) is 0 Å². The van der Waals surface area contributed by atoms with E-state index in [4.69, 9.17) is 0 Å². The van der Waals surface area contributed by atoms with Crippen molar-refractivity contribution in [3.05, 3.63) is 66.5 Å². The van der Waals surface area contributed by atoms with E-state index in [0.29, 0.717) is 6.42 Å². The van der Waals surface area contributed by atoms with Crippen LogP contribution in [0.15, 0.2) is 60.9 Å². The second kappa shape index (κ2) is 9.57. The van der Waals surface area contributed by atoms with Gasteiger partial charge in [-0.1, -0.05) is 30.3 Å². The topological polar surface area (TPSA) is 57.3 Å². The Hall–Kier alpha value is -3.15. The number of fused-ring (bicyclic) bond motifs is 1. The molecule has 0 saturated carbocycles. The fourth-order valence-electron chi connectivity index (χ4n) is 4.09. The van der Waals surface area contributed by atoms with Crippen molar-refractivity contribution in [3.63, 3.8) is 0 Å². The Balaban J connectivity index is 1.36. The van der Waals surface area contributed by atoms with Crippen molar-refractivity contribution in [2.24, 2.45) is 0 Å². The Morgan fingerprint density at radius 2 is 2.03 bits per heavy atom. The Bertz CT molecular complexity index is 1000. The van der Waals surface area contributed by atoms with Crippen LogP contribution in [0.25, 0.3) is 10.8 Å². The van der Waals surface area contributed by atoms with E-state index in [0.717, 1.165) is 49.0 Å². The fourth-order valence-corrected chi connectivity index (χ4v) is 4.09. The predicted octanol–water partition coefficient (Wildman–Crippen LogP) is 4.93. The molecule has 0 spiro atoms. The minimum atomic E-state index is -0.304. The molecule has 1 atom stereocenters. The van der Waals surface area contributed by atoms with Crippen molar-refractivity contribution in [1.29, 1.82) is 0 Å². The van der Waals surface area contributed by atoms with Gasteiger partial charge in [0.2, 0.25) is 0 Å². The number of hydrogen-bond acceptors (Lipinski definition) is 3. The lowest BCUT2D eigenvalue weighted by molar-refractivity contribution is 0.249. The molecule has 6 heteroatoms. The van der Waals surface area contributed by atoms with Crippen LogP contribution >= 0.6 is 0 Å². The zero-order chi connectivity index (χ0) is 20.8. The van der Waals surface area contributed by atoms with Gasteiger partial charge < -0.3 is 15.5 Å². The summed E-state index contributed by atoms with van der Waals surface area (Å²) >= 11 is 0. The first-order chi connectivity index (χ1) is 14.7. The minimum Gasteiger partial charge on any atom is -0.369 e. The quantitative estimate of drug-likeness (QED) is 0.547. The van der Waals surface area contributed by atoms with Crippen molar-refractivity contribution in [2.45, 2.75) is 31.7 Å². The molecule has 1 aliphatic rings. The van der Waals surface area contributed by atoms with Crippen LogP contribution in [0.5, 0.6) is 0 Å². The number of urea groups is 1. The molecule has 0 aliphatic carbocycles. The first kappa shape index (κ1) is 20.1. The standard InChI is InChI=1S/C24H27FN4O/c25-13-4-3-7-18-6-1-2-9-22(18)28-24(30)27-20-12-15-29(17-20)23-10-5-8-19-16-26-14-11-21(19)23/h1-2,5-6,8-11,14,16,20H,3-4,7,12-13,15,17H2,(H2,27,28,30). The summed E-state index contributed by atoms with van der Waals surface area (Å²) in [5, 5.41) is 8.38. The molecular weight excluding hydrogens is 379 g/mol. The highest BCUT2D eigenvalue weighted by Gasteiger charge is 2.25. The van der Waals surface area contributed by atoms with Gasteiger partial charge >= 0.3 is 6.03 Å². The third-order valence-electron chi connectivity index (χ3n) is 5.62. The van der Waals surface area contributed by atoms with Crippen LogP contribution in [-0.4, -0.2) is 36.8 Å². The minimum absolute atomic E-state index is 0.0841. The number of alkyl halides is 1. The molecule has 4 rings (SSSR count). The third kappa shape index (κ3) is 4.70. The third-order valence-corrected chi connectivity index (χ3v) is 5.62. The second-order valence-electron chi connectivity index (χ2n) is 7.71. The summed E-state index contributed by atoms with van der Waals surface area (Å²) in [6, 6.07) is 15.9. The van der Waals surface area contributed by atoms with Crippen LogP contribution in [0.1, 0.15) is 24.8 Å². The molecule has 30 heavy (non-hydrogen) atoms. The van der Waals surface area contributed by atoms with E-state index in [1.807, 2.05) is 48.8 Å². The molecule has 5 nitrogen and oxygen atoms in total. The number of hydrogen-bond donors (Lipinski definition) is 2. The number of nitrogens with one attached hydrogen (secondary N) is 2. The Morgan fingerprint density at radius 3 is 2.93 bits per heavy atom. The molecule has 3 aromatic rings. The Kier molecular flexibility index (Phi) is 6.42. The maximum Gasteiger partial charge on any atom is 0.319 e. The molecule has 1 aliphatic heterocycles. The summed E-state index contributed by atoms with van der Waals surface area (Å²) in [7, 11) is 0. The van der Waals surface area contributed by atoms with Gasteiger partial charge in [0.25, 0.3) is 0 Å². The molecule has 2 amide bonds. The van der Waals surface area contributed by atoms with E-state index in [2.05, 4.69) is 32.7 Å². The van der Waals surface area contributed by atoms with Gasteiger partial charge in [0, 0.05) is 53.7 Å². The van der Waals surface area contributed by atoms with Crippen molar-refractivity contribution in [3.8, 4) is 0 Å². The van der Waals surface area contributed by atoms with Gasteiger partial charge in [-0.05, 0) is 49.4 Å². The van der Waals surface area contributed by atoms with Crippen LogP contribution in [0.4, 0.5) is 20.6 Å². The molecule has 1 unspecified atom stereocenters. The second-order valence-corrected chi connectivity index (χ2v) is 7.71. The zero-order valence-corrected chi connectivity index (χ0v) is 17.0. The smallest absolute Gasteiger partial charge is 0.319 e. The van der Waals surface area contributed by atoms with Crippen molar-refractivity contribution >= 4 is 28.2 Å². The average Bonchev–Trinajstić information content (AvgIpc) is 3.22. The first-order valence-electron chi connectivity index (χ1n) is 10.5. The van der Waals surface area contributed by atoms with Gasteiger partial charge in [-0.3, -0.25) is 9.37 Å². The van der Waals surface area contributed by atoms with E-state index in [1.54, 1.807) is 0 Å². The molecular formula is C24H27FN4O. The van der Waals surface area contributed by atoms with Crippen LogP contribution in [0.2, 0.25) is 0 Å². The highest BCUT2D eigenvalue weighted by molar-refractivity contribution is 5.94. The van der Waals surface area contributed by atoms with Crippen LogP contribution < -0.4 is 15.5 Å². The van der Waals surface area contributed by atoms with E-state index >= 15 is 0 Å². The summed E-state index contributed by atoms with van der Waals surface area (Å²) in [6.45, 7) is 1.36. The summed E-state index contributed by atoms with van der Waals surface area (Å²) in [6.07, 6.45) is 6.66. The van der Waals surface area contributed by atoms with Gasteiger partial charge in [-0.15, -0.1) is 0 Å². The lowest BCUT2D eigenvalue weighted by Gasteiger charge is -2.21. The highest BCUT2D eigenvalue weighted by atomic mass is 19.1. The van der Waals surface area contributed by atoms with Crippen molar-refractivity contribution < 1.29 is 9.18 Å². The molecule has 2 aromatic carbocycles. The highest BCUT2D eigenvalue weighted by Crippen LogP contribution is 2.29. The summed E-state index contributed by atoms with van der Waals surface area (Å²) in [5.41, 5.74) is 3.02. The van der Waals surface area contributed by atoms with Crippen LogP contribution in [0.3, 0.4) is 0 Å². The normalized spacial score (nSPS) is 16.0. The number of carbonyl (C=O) groups is 1. The number of pyridine rings is 1. The number of anilines is 2. The van der Waals surface area contributed by atoms with Gasteiger partial charge in [-0.25, -0.2) is 4.79 Å². The number of carbonyl (C=O) groups excluding carboxylic acids is 1. The summed E-state index contributed by atoms with van der Waals surface area (Å²) in [4.78, 5) is 19.1. The molecule has 1 aromatic heterocycles. The van der Waals surface area contributed by atoms with E-state index in [-0.39, 0.29) is 18.7 Å². The SMILES string of the molecule is O=C(Nc1ccccc1CCCCF)NC1CCN(c2cccc3cnccc23)C1. The molecule has 2 N–H and O–H groups in total. The van der Waals surface area contributed by atoms with Gasteiger partial charge in [0.1, 0.15) is 0 Å². The maximum atomic E-state index is 12.6.